The van der Waals surface area contributed by atoms with Gasteiger partial charge in [-0.05, 0) is 37.9 Å². The molecule has 0 amide bonds. The van der Waals surface area contributed by atoms with Crippen molar-refractivity contribution in [1.82, 2.24) is 9.62 Å². The zero-order valence-corrected chi connectivity index (χ0v) is 13.8. The lowest BCUT2D eigenvalue weighted by molar-refractivity contribution is 0.296. The average Bonchev–Trinajstić information content (AvgIpc) is 2.70. The van der Waals surface area contributed by atoms with Crippen molar-refractivity contribution in [2.45, 2.75) is 42.7 Å². The number of nitrogens with zero attached hydrogens (tertiary/aromatic N) is 1. The molecule has 0 aromatic heterocycles. The Morgan fingerprint density at radius 3 is 2.70 bits per heavy atom. The largest absolute Gasteiger partial charge is 0.490 e. The minimum atomic E-state index is -3.51. The van der Waals surface area contributed by atoms with Gasteiger partial charge in [-0.3, -0.25) is 0 Å². The van der Waals surface area contributed by atoms with Crippen molar-refractivity contribution >= 4 is 10.0 Å². The molecule has 4 rings (SSSR count). The molecule has 1 aromatic carbocycles. The third-order valence-electron chi connectivity index (χ3n) is 4.88. The highest BCUT2D eigenvalue weighted by Gasteiger charge is 2.43. The van der Waals surface area contributed by atoms with Gasteiger partial charge in [-0.15, -0.1) is 0 Å². The normalized spacial score (nSPS) is 28.2. The molecule has 2 unspecified atom stereocenters. The minimum Gasteiger partial charge on any atom is -0.490 e. The van der Waals surface area contributed by atoms with Gasteiger partial charge in [0.2, 0.25) is 10.0 Å². The van der Waals surface area contributed by atoms with Gasteiger partial charge in [0.1, 0.15) is 0 Å². The lowest BCUT2D eigenvalue weighted by Gasteiger charge is -2.27. The summed E-state index contributed by atoms with van der Waals surface area (Å²) in [6, 6.07) is 5.14. The summed E-state index contributed by atoms with van der Waals surface area (Å²) in [6.07, 6.45) is 3.57. The van der Waals surface area contributed by atoms with Gasteiger partial charge in [-0.1, -0.05) is 0 Å². The van der Waals surface area contributed by atoms with Crippen LogP contribution in [0.4, 0.5) is 0 Å². The van der Waals surface area contributed by atoms with Crippen molar-refractivity contribution < 1.29 is 17.9 Å². The van der Waals surface area contributed by atoms with Crippen molar-refractivity contribution in [3.8, 4) is 11.5 Å². The zero-order valence-electron chi connectivity index (χ0n) is 13.0. The smallest absolute Gasteiger partial charge is 0.243 e. The van der Waals surface area contributed by atoms with Crippen LogP contribution >= 0.6 is 0 Å². The molecule has 7 heteroatoms. The highest BCUT2D eigenvalue weighted by Crippen LogP contribution is 2.37. The second-order valence-corrected chi connectivity index (χ2v) is 8.21. The van der Waals surface area contributed by atoms with Crippen LogP contribution in [0, 0.1) is 0 Å². The number of nitrogens with one attached hydrogen (secondary N) is 1. The van der Waals surface area contributed by atoms with E-state index in [1.165, 1.54) is 0 Å². The number of ether oxygens (including phenoxy) is 2. The highest BCUT2D eigenvalue weighted by molar-refractivity contribution is 7.89. The van der Waals surface area contributed by atoms with Gasteiger partial charge in [0, 0.05) is 31.1 Å². The minimum absolute atomic E-state index is 0.0588. The van der Waals surface area contributed by atoms with Crippen LogP contribution in [0.15, 0.2) is 23.1 Å². The average molecular weight is 338 g/mol. The zero-order chi connectivity index (χ0) is 15.9. The highest BCUT2D eigenvalue weighted by atomic mass is 32.2. The Balaban J connectivity index is 1.70. The van der Waals surface area contributed by atoms with E-state index in [0.717, 1.165) is 38.8 Å². The van der Waals surface area contributed by atoms with E-state index in [4.69, 9.17) is 9.47 Å². The second-order valence-electron chi connectivity index (χ2n) is 6.37. The van der Waals surface area contributed by atoms with E-state index in [9.17, 15) is 8.42 Å². The van der Waals surface area contributed by atoms with Crippen LogP contribution in [0.2, 0.25) is 0 Å². The fraction of sp³-hybridized carbons (Fsp3) is 0.625. The van der Waals surface area contributed by atoms with E-state index < -0.39 is 10.0 Å². The number of hydrogen-bond acceptors (Lipinski definition) is 5. The molecule has 1 aromatic rings. The van der Waals surface area contributed by atoms with Gasteiger partial charge >= 0.3 is 0 Å². The summed E-state index contributed by atoms with van der Waals surface area (Å²) in [7, 11) is -3.51. The lowest BCUT2D eigenvalue weighted by atomic mass is 10.1. The Kier molecular flexibility index (Phi) is 3.95. The summed E-state index contributed by atoms with van der Waals surface area (Å²) in [4.78, 5) is 0.306. The molecule has 0 spiro atoms. The van der Waals surface area contributed by atoms with Crippen LogP contribution < -0.4 is 14.8 Å². The van der Waals surface area contributed by atoms with Gasteiger partial charge in [0.15, 0.2) is 11.5 Å². The molecule has 2 fully saturated rings. The van der Waals surface area contributed by atoms with Crippen LogP contribution in [-0.2, 0) is 10.0 Å². The standard InChI is InChI=1S/C16H22N2O4S/c19-23(20,18-12-2-3-13(18)11-17-7-6-12)14-4-5-15-16(10-14)22-9-1-8-21-15/h4-5,10,12-13,17H,1-3,6-9,11H2. The van der Waals surface area contributed by atoms with Crippen LogP contribution in [0.25, 0.3) is 0 Å². The Morgan fingerprint density at radius 2 is 1.83 bits per heavy atom. The third-order valence-corrected chi connectivity index (χ3v) is 6.88. The summed E-state index contributed by atoms with van der Waals surface area (Å²) < 4.78 is 39.3. The monoisotopic (exact) mass is 338 g/mol. The molecule has 23 heavy (non-hydrogen) atoms. The van der Waals surface area contributed by atoms with Gasteiger partial charge < -0.3 is 14.8 Å². The Labute approximate surface area is 136 Å². The summed E-state index contributed by atoms with van der Waals surface area (Å²) in [5, 5.41) is 3.34. The molecule has 2 saturated heterocycles. The van der Waals surface area contributed by atoms with Gasteiger partial charge in [0.05, 0.1) is 18.1 Å². The summed E-state index contributed by atoms with van der Waals surface area (Å²) in [5.41, 5.74) is 0. The third kappa shape index (κ3) is 2.70. The van der Waals surface area contributed by atoms with Crippen LogP contribution in [0.3, 0.4) is 0 Å². The van der Waals surface area contributed by atoms with Crippen molar-refractivity contribution in [2.24, 2.45) is 0 Å². The number of benzene rings is 1. The maximum absolute atomic E-state index is 13.2. The first-order valence-electron chi connectivity index (χ1n) is 8.30. The predicted molar refractivity (Wildman–Crippen MR) is 85.4 cm³/mol. The number of fused-ring (bicyclic) bond motifs is 3. The fourth-order valence-electron chi connectivity index (χ4n) is 3.76. The topological polar surface area (TPSA) is 67.9 Å². The maximum atomic E-state index is 13.2. The van der Waals surface area contributed by atoms with Crippen molar-refractivity contribution in [2.75, 3.05) is 26.3 Å². The molecule has 2 atom stereocenters. The molecule has 6 nitrogen and oxygen atoms in total. The van der Waals surface area contributed by atoms with Gasteiger partial charge in [0.25, 0.3) is 0 Å². The molecular formula is C16H22N2O4S. The summed E-state index contributed by atoms with van der Waals surface area (Å²) >= 11 is 0. The maximum Gasteiger partial charge on any atom is 0.243 e. The second kappa shape index (κ2) is 5.96. The van der Waals surface area contributed by atoms with Crippen molar-refractivity contribution in [1.29, 1.82) is 0 Å². The molecule has 1 N–H and O–H groups in total. The molecule has 3 heterocycles. The van der Waals surface area contributed by atoms with Crippen LogP contribution in [0.5, 0.6) is 11.5 Å². The van der Waals surface area contributed by atoms with Gasteiger partial charge in [-0.2, -0.15) is 4.31 Å². The first kappa shape index (κ1) is 15.2. The lowest BCUT2D eigenvalue weighted by Crippen LogP contribution is -2.42. The number of rotatable bonds is 2. The van der Waals surface area contributed by atoms with Crippen molar-refractivity contribution in [3.63, 3.8) is 0 Å². The van der Waals surface area contributed by atoms with E-state index in [1.807, 2.05) is 0 Å². The van der Waals surface area contributed by atoms with E-state index in [0.29, 0.717) is 29.6 Å². The van der Waals surface area contributed by atoms with E-state index >= 15 is 0 Å². The predicted octanol–water partition coefficient (Wildman–Crippen LogP) is 1.36. The molecule has 0 saturated carbocycles. The van der Waals surface area contributed by atoms with Crippen molar-refractivity contribution in [3.05, 3.63) is 18.2 Å². The van der Waals surface area contributed by atoms with Crippen LogP contribution in [0.1, 0.15) is 25.7 Å². The summed E-state index contributed by atoms with van der Waals surface area (Å²) in [5.74, 6) is 1.16. The number of sulfonamides is 1. The fourth-order valence-corrected chi connectivity index (χ4v) is 5.67. The molecule has 126 valence electrons. The number of hydrogen-bond donors (Lipinski definition) is 1. The Morgan fingerprint density at radius 1 is 1.04 bits per heavy atom. The molecule has 3 aliphatic rings. The first-order valence-corrected chi connectivity index (χ1v) is 9.74. The quantitative estimate of drug-likeness (QED) is 0.882. The first-order chi connectivity index (χ1) is 11.2. The Bertz CT molecular complexity index is 677. The molecule has 3 aliphatic heterocycles. The molecule has 0 aliphatic carbocycles. The van der Waals surface area contributed by atoms with E-state index in [1.54, 1.807) is 22.5 Å². The molecule has 0 radical (unpaired) electrons. The van der Waals surface area contributed by atoms with E-state index in [-0.39, 0.29) is 12.1 Å². The van der Waals surface area contributed by atoms with E-state index in [2.05, 4.69) is 5.32 Å². The summed E-state index contributed by atoms with van der Waals surface area (Å²) in [6.45, 7) is 2.77. The van der Waals surface area contributed by atoms with Gasteiger partial charge in [-0.25, -0.2) is 8.42 Å². The van der Waals surface area contributed by atoms with Crippen LogP contribution in [-0.4, -0.2) is 51.1 Å². The SMILES string of the molecule is O=S(=O)(c1ccc2c(c1)OCCCO2)N1C2CCNCC1CC2. The Hall–Kier alpha value is -1.31. The molecule has 2 bridgehead atoms. The molecular weight excluding hydrogens is 316 g/mol.